The van der Waals surface area contributed by atoms with E-state index in [4.69, 9.17) is 5.73 Å². The van der Waals surface area contributed by atoms with Crippen molar-refractivity contribution in [1.29, 1.82) is 0 Å². The van der Waals surface area contributed by atoms with Crippen LogP contribution in [0.3, 0.4) is 0 Å². The van der Waals surface area contributed by atoms with E-state index in [9.17, 15) is 4.79 Å². The first-order valence-corrected chi connectivity index (χ1v) is 7.46. The minimum atomic E-state index is 0.145. The lowest BCUT2D eigenvalue weighted by atomic mass is 10.0. The quantitative estimate of drug-likeness (QED) is 0.835. The van der Waals surface area contributed by atoms with E-state index in [2.05, 4.69) is 44.4 Å². The molecule has 0 bridgehead atoms. The third-order valence-electron chi connectivity index (χ3n) is 5.86. The minimum absolute atomic E-state index is 0.145. The van der Waals surface area contributed by atoms with Gasteiger partial charge in [0.25, 0.3) is 0 Å². The molecule has 1 atom stereocenters. The van der Waals surface area contributed by atoms with Gasteiger partial charge in [-0.2, -0.15) is 0 Å². The lowest BCUT2D eigenvalue weighted by Gasteiger charge is -2.38. The Bertz CT molecular complexity index is 342. The van der Waals surface area contributed by atoms with Gasteiger partial charge in [-0.05, 0) is 17.8 Å². The Morgan fingerprint density at radius 2 is 1.63 bits per heavy atom. The molecule has 1 heterocycles. The smallest absolute Gasteiger partial charge is 0.226 e. The maximum absolute atomic E-state index is 12.6. The third kappa shape index (κ3) is 2.29. The lowest BCUT2D eigenvalue weighted by molar-refractivity contribution is -0.135. The van der Waals surface area contributed by atoms with Crippen molar-refractivity contribution in [3.8, 4) is 0 Å². The summed E-state index contributed by atoms with van der Waals surface area (Å²) in [6.45, 7) is 15.3. The van der Waals surface area contributed by atoms with Crippen molar-refractivity contribution in [3.05, 3.63) is 0 Å². The van der Waals surface area contributed by atoms with Gasteiger partial charge >= 0.3 is 0 Å². The topological polar surface area (TPSA) is 49.6 Å². The zero-order valence-electron chi connectivity index (χ0n) is 13.1. The third-order valence-corrected chi connectivity index (χ3v) is 5.86. The summed E-state index contributed by atoms with van der Waals surface area (Å²) in [7, 11) is 0. The normalized spacial score (nSPS) is 28.2. The van der Waals surface area contributed by atoms with Crippen LogP contribution in [0.2, 0.25) is 0 Å². The number of carbonyl (C=O) groups is 1. The van der Waals surface area contributed by atoms with E-state index in [1.807, 2.05) is 0 Å². The van der Waals surface area contributed by atoms with Crippen LogP contribution in [0.25, 0.3) is 0 Å². The number of nitrogens with two attached hydrogens (primary N) is 1. The van der Waals surface area contributed by atoms with Crippen LogP contribution in [0.1, 0.15) is 34.6 Å². The lowest BCUT2D eigenvalue weighted by Crippen LogP contribution is -2.53. The molecule has 1 amide bonds. The van der Waals surface area contributed by atoms with E-state index in [1.54, 1.807) is 0 Å². The van der Waals surface area contributed by atoms with Crippen LogP contribution in [0.5, 0.6) is 0 Å². The van der Waals surface area contributed by atoms with E-state index >= 15 is 0 Å². The Morgan fingerprint density at radius 3 is 2.00 bits per heavy atom. The van der Waals surface area contributed by atoms with E-state index in [1.165, 1.54) is 0 Å². The second kappa shape index (κ2) is 4.74. The molecule has 0 radical (unpaired) electrons. The van der Waals surface area contributed by atoms with Crippen molar-refractivity contribution in [3.63, 3.8) is 0 Å². The second-order valence-corrected chi connectivity index (χ2v) is 7.32. The second-order valence-electron chi connectivity index (χ2n) is 7.32. The highest BCUT2D eigenvalue weighted by Gasteiger charge is 2.68. The van der Waals surface area contributed by atoms with Gasteiger partial charge < -0.3 is 10.6 Å². The fourth-order valence-electron chi connectivity index (χ4n) is 3.53. The van der Waals surface area contributed by atoms with Crippen LogP contribution in [0, 0.1) is 16.7 Å². The zero-order chi connectivity index (χ0) is 14.4. The highest BCUT2D eigenvalue weighted by Crippen LogP contribution is 2.68. The number of hydrogen-bond donors (Lipinski definition) is 1. The molecule has 110 valence electrons. The van der Waals surface area contributed by atoms with E-state index in [-0.39, 0.29) is 16.7 Å². The molecule has 2 rings (SSSR count). The SMILES string of the molecule is CC(CN)N1CCN(C(=O)C2C(C)(C)C2(C)C)CC1. The van der Waals surface area contributed by atoms with Gasteiger partial charge in [-0.3, -0.25) is 9.69 Å². The van der Waals surface area contributed by atoms with E-state index in [0.717, 1.165) is 26.2 Å². The number of hydrogen-bond acceptors (Lipinski definition) is 3. The number of amides is 1. The molecule has 1 saturated heterocycles. The number of rotatable bonds is 3. The van der Waals surface area contributed by atoms with Crippen molar-refractivity contribution in [2.45, 2.75) is 40.7 Å². The standard InChI is InChI=1S/C15H29N3O/c1-11(10-16)17-6-8-18(9-7-17)13(19)12-14(2,3)15(12,4)5/h11-12H,6-10,16H2,1-5H3. The molecule has 2 fully saturated rings. The van der Waals surface area contributed by atoms with Crippen molar-refractivity contribution in [1.82, 2.24) is 9.80 Å². The fraction of sp³-hybridized carbons (Fsp3) is 0.933. The Morgan fingerprint density at radius 1 is 1.16 bits per heavy atom. The summed E-state index contributed by atoms with van der Waals surface area (Å²) in [6, 6.07) is 0.422. The summed E-state index contributed by atoms with van der Waals surface area (Å²) in [6.07, 6.45) is 0. The summed E-state index contributed by atoms with van der Waals surface area (Å²) in [5.41, 5.74) is 5.99. The van der Waals surface area contributed by atoms with Crippen molar-refractivity contribution in [2.24, 2.45) is 22.5 Å². The first-order valence-electron chi connectivity index (χ1n) is 7.46. The molecule has 0 aromatic carbocycles. The Labute approximate surface area is 117 Å². The fourth-order valence-corrected chi connectivity index (χ4v) is 3.53. The van der Waals surface area contributed by atoms with Crippen molar-refractivity contribution >= 4 is 5.91 Å². The predicted octanol–water partition coefficient (Wildman–Crippen LogP) is 1.16. The molecule has 1 aliphatic carbocycles. The highest BCUT2D eigenvalue weighted by molar-refractivity contribution is 5.84. The number of nitrogens with zero attached hydrogens (tertiary/aromatic N) is 2. The van der Waals surface area contributed by atoms with Gasteiger partial charge in [-0.25, -0.2) is 0 Å². The van der Waals surface area contributed by atoms with Crippen LogP contribution in [-0.4, -0.2) is 54.5 Å². The maximum atomic E-state index is 12.6. The van der Waals surface area contributed by atoms with Gasteiger partial charge in [0.15, 0.2) is 0 Å². The van der Waals surface area contributed by atoms with Crippen LogP contribution in [0.15, 0.2) is 0 Å². The van der Waals surface area contributed by atoms with Crippen LogP contribution < -0.4 is 5.73 Å². The molecule has 0 spiro atoms. The molecule has 1 unspecified atom stereocenters. The molecule has 0 aromatic heterocycles. The Kier molecular flexibility index (Phi) is 3.69. The summed E-state index contributed by atoms with van der Waals surface area (Å²) in [4.78, 5) is 17.1. The molecule has 19 heavy (non-hydrogen) atoms. The summed E-state index contributed by atoms with van der Waals surface area (Å²) in [5.74, 6) is 0.550. The van der Waals surface area contributed by atoms with Gasteiger partial charge in [0.1, 0.15) is 0 Å². The van der Waals surface area contributed by atoms with E-state index < -0.39 is 0 Å². The monoisotopic (exact) mass is 267 g/mol. The van der Waals surface area contributed by atoms with Crippen LogP contribution >= 0.6 is 0 Å². The number of carbonyl (C=O) groups excluding carboxylic acids is 1. The molecular formula is C15H29N3O. The molecule has 2 aliphatic rings. The van der Waals surface area contributed by atoms with Gasteiger partial charge in [0.2, 0.25) is 5.91 Å². The summed E-state index contributed by atoms with van der Waals surface area (Å²) in [5, 5.41) is 0. The molecule has 2 N–H and O–H groups in total. The number of piperazine rings is 1. The molecule has 0 aromatic rings. The molecule has 1 saturated carbocycles. The van der Waals surface area contributed by atoms with E-state index in [0.29, 0.717) is 18.5 Å². The Hall–Kier alpha value is -0.610. The molecular weight excluding hydrogens is 238 g/mol. The van der Waals surface area contributed by atoms with Crippen molar-refractivity contribution < 1.29 is 4.79 Å². The first kappa shape index (κ1) is 14.8. The predicted molar refractivity (Wildman–Crippen MR) is 77.7 cm³/mol. The molecule has 4 nitrogen and oxygen atoms in total. The van der Waals surface area contributed by atoms with Crippen LogP contribution in [-0.2, 0) is 4.79 Å². The van der Waals surface area contributed by atoms with Gasteiger partial charge in [0.05, 0.1) is 0 Å². The Balaban J connectivity index is 1.91. The largest absolute Gasteiger partial charge is 0.340 e. The van der Waals surface area contributed by atoms with Gasteiger partial charge in [-0.15, -0.1) is 0 Å². The first-order chi connectivity index (χ1) is 8.73. The summed E-state index contributed by atoms with van der Waals surface area (Å²) < 4.78 is 0. The highest BCUT2D eigenvalue weighted by atomic mass is 16.2. The van der Waals surface area contributed by atoms with Gasteiger partial charge in [-0.1, -0.05) is 27.7 Å². The molecule has 1 aliphatic heterocycles. The average molecular weight is 267 g/mol. The zero-order valence-corrected chi connectivity index (χ0v) is 13.1. The van der Waals surface area contributed by atoms with Gasteiger partial charge in [0, 0.05) is 44.7 Å². The van der Waals surface area contributed by atoms with Crippen LogP contribution in [0.4, 0.5) is 0 Å². The molecule has 4 heteroatoms. The maximum Gasteiger partial charge on any atom is 0.226 e. The van der Waals surface area contributed by atoms with Crippen molar-refractivity contribution in [2.75, 3.05) is 32.7 Å². The minimum Gasteiger partial charge on any atom is -0.340 e. The average Bonchev–Trinajstić information content (AvgIpc) is 2.78. The summed E-state index contributed by atoms with van der Waals surface area (Å²) >= 11 is 0.